The van der Waals surface area contributed by atoms with Gasteiger partial charge in [0.15, 0.2) is 0 Å². The highest BCUT2D eigenvalue weighted by molar-refractivity contribution is 7.12. The van der Waals surface area contributed by atoms with E-state index in [1.54, 1.807) is 11.3 Å². The minimum absolute atomic E-state index is 0.0302. The predicted molar refractivity (Wildman–Crippen MR) is 108 cm³/mol. The summed E-state index contributed by atoms with van der Waals surface area (Å²) in [5.41, 5.74) is 1.11. The van der Waals surface area contributed by atoms with Gasteiger partial charge in [-0.15, -0.1) is 11.3 Å². The molecule has 0 bridgehead atoms. The Balaban J connectivity index is 1.73. The number of carbonyl (C=O) groups excluding carboxylic acids is 1. The Labute approximate surface area is 160 Å². The van der Waals surface area contributed by atoms with E-state index in [2.05, 4.69) is 18.3 Å². The fraction of sp³-hybridized carbons (Fsp3) is 0.500. The molecule has 1 aliphatic rings. The average Bonchev–Trinajstić information content (AvgIpc) is 3.32. The molecule has 2 N–H and O–H groups in total. The molecule has 26 heavy (non-hydrogen) atoms. The third-order valence-electron chi connectivity index (χ3n) is 5.65. The summed E-state index contributed by atoms with van der Waals surface area (Å²) in [7, 11) is 0. The van der Waals surface area contributed by atoms with Gasteiger partial charge in [0, 0.05) is 21.7 Å². The van der Waals surface area contributed by atoms with E-state index in [1.165, 1.54) is 17.7 Å². The normalized spacial score (nSPS) is 18.4. The lowest BCUT2D eigenvalue weighted by Gasteiger charge is -2.29. The molecule has 2 aromatic rings. The van der Waals surface area contributed by atoms with Crippen LogP contribution >= 0.6 is 11.3 Å². The third kappa shape index (κ3) is 4.02. The second kappa shape index (κ2) is 8.36. The van der Waals surface area contributed by atoms with Crippen molar-refractivity contribution in [1.29, 1.82) is 0 Å². The summed E-state index contributed by atoms with van der Waals surface area (Å²) in [5, 5.41) is 13.1. The van der Waals surface area contributed by atoms with Gasteiger partial charge in [-0.1, -0.05) is 50.1 Å². The second-order valence-electron chi connectivity index (χ2n) is 7.45. The molecule has 0 saturated heterocycles. The lowest BCUT2D eigenvalue weighted by molar-refractivity contribution is -0.122. The Morgan fingerprint density at radius 3 is 2.46 bits per heavy atom. The van der Waals surface area contributed by atoms with Crippen LogP contribution in [-0.4, -0.2) is 17.6 Å². The molecule has 1 fully saturated rings. The SMILES string of the molecule is CCC(C(=O)NCC1(c2ccc(C(C)O)s2)CCCC1)c1ccccc1. The first kappa shape index (κ1) is 19.1. The number of carbonyl (C=O) groups is 1. The van der Waals surface area contributed by atoms with Crippen LogP contribution in [-0.2, 0) is 10.2 Å². The van der Waals surface area contributed by atoms with Crippen LogP contribution in [0.4, 0.5) is 0 Å². The van der Waals surface area contributed by atoms with E-state index in [9.17, 15) is 9.90 Å². The number of nitrogens with one attached hydrogen (secondary N) is 1. The lowest BCUT2D eigenvalue weighted by Crippen LogP contribution is -2.40. The fourth-order valence-corrected chi connectivity index (χ4v) is 5.25. The molecule has 2 atom stereocenters. The standard InChI is InChI=1S/C22H29NO2S/c1-3-18(17-9-5-4-6-10-17)21(25)23-15-22(13-7-8-14-22)20-12-11-19(26-20)16(2)24/h4-6,9-12,16,18,24H,3,7-8,13-15H2,1-2H3,(H,23,25). The molecule has 0 radical (unpaired) electrons. The van der Waals surface area contributed by atoms with Gasteiger partial charge in [-0.25, -0.2) is 0 Å². The zero-order chi connectivity index (χ0) is 18.6. The van der Waals surface area contributed by atoms with E-state index in [1.807, 2.05) is 43.3 Å². The van der Waals surface area contributed by atoms with Crippen molar-refractivity contribution in [1.82, 2.24) is 5.32 Å². The number of thiophene rings is 1. The molecular formula is C22H29NO2S. The van der Waals surface area contributed by atoms with Gasteiger partial charge in [-0.2, -0.15) is 0 Å². The number of rotatable bonds is 7. The van der Waals surface area contributed by atoms with Gasteiger partial charge in [-0.05, 0) is 43.9 Å². The van der Waals surface area contributed by atoms with Crippen molar-refractivity contribution in [2.24, 2.45) is 0 Å². The number of hydrogen-bond acceptors (Lipinski definition) is 3. The Morgan fingerprint density at radius 2 is 1.88 bits per heavy atom. The number of benzene rings is 1. The van der Waals surface area contributed by atoms with Crippen LogP contribution in [0.3, 0.4) is 0 Å². The maximum Gasteiger partial charge on any atom is 0.227 e. The van der Waals surface area contributed by atoms with Crippen molar-refractivity contribution in [3.05, 3.63) is 57.8 Å². The van der Waals surface area contributed by atoms with Crippen LogP contribution in [0.25, 0.3) is 0 Å². The molecule has 2 unspecified atom stereocenters. The van der Waals surface area contributed by atoms with Crippen molar-refractivity contribution < 1.29 is 9.90 Å². The molecule has 1 aromatic carbocycles. The van der Waals surface area contributed by atoms with Crippen molar-refractivity contribution in [2.45, 2.75) is 63.4 Å². The number of aliphatic hydroxyl groups is 1. The highest BCUT2D eigenvalue weighted by Gasteiger charge is 2.37. The van der Waals surface area contributed by atoms with Crippen LogP contribution in [0.1, 0.15) is 73.3 Å². The summed E-state index contributed by atoms with van der Waals surface area (Å²) in [6.45, 7) is 4.57. The van der Waals surface area contributed by atoms with Gasteiger partial charge in [0.2, 0.25) is 5.91 Å². The van der Waals surface area contributed by atoms with Crippen LogP contribution < -0.4 is 5.32 Å². The summed E-state index contributed by atoms with van der Waals surface area (Å²) in [6.07, 6.45) is 4.99. The van der Waals surface area contributed by atoms with Gasteiger partial charge < -0.3 is 10.4 Å². The Hall–Kier alpha value is -1.65. The number of amides is 1. The van der Waals surface area contributed by atoms with E-state index in [0.29, 0.717) is 6.54 Å². The largest absolute Gasteiger partial charge is 0.388 e. The Bertz CT molecular complexity index is 717. The highest BCUT2D eigenvalue weighted by atomic mass is 32.1. The third-order valence-corrected chi connectivity index (χ3v) is 7.15. The molecule has 0 aliphatic heterocycles. The summed E-state index contributed by atoms with van der Waals surface area (Å²) in [4.78, 5) is 15.2. The molecule has 4 heteroatoms. The van der Waals surface area contributed by atoms with E-state index in [-0.39, 0.29) is 17.2 Å². The molecule has 1 aliphatic carbocycles. The van der Waals surface area contributed by atoms with Crippen LogP contribution in [0, 0.1) is 0 Å². The minimum Gasteiger partial charge on any atom is -0.388 e. The fourth-order valence-electron chi connectivity index (χ4n) is 4.06. The monoisotopic (exact) mass is 371 g/mol. The summed E-state index contributed by atoms with van der Waals surface area (Å²) < 4.78 is 0. The molecule has 1 amide bonds. The first-order valence-corrected chi connectivity index (χ1v) is 10.5. The van der Waals surface area contributed by atoms with Gasteiger partial charge >= 0.3 is 0 Å². The maximum atomic E-state index is 12.9. The van der Waals surface area contributed by atoms with Crippen molar-refractivity contribution in [3.63, 3.8) is 0 Å². The van der Waals surface area contributed by atoms with Crippen LogP contribution in [0.2, 0.25) is 0 Å². The maximum absolute atomic E-state index is 12.9. The predicted octanol–water partition coefficient (Wildman–Crippen LogP) is 4.92. The first-order chi connectivity index (χ1) is 12.6. The Morgan fingerprint density at radius 1 is 1.19 bits per heavy atom. The lowest BCUT2D eigenvalue weighted by atomic mass is 9.84. The van der Waals surface area contributed by atoms with Crippen molar-refractivity contribution in [2.75, 3.05) is 6.54 Å². The van der Waals surface area contributed by atoms with E-state index in [0.717, 1.165) is 29.7 Å². The average molecular weight is 372 g/mol. The molecule has 3 nitrogen and oxygen atoms in total. The van der Waals surface area contributed by atoms with Crippen LogP contribution in [0.15, 0.2) is 42.5 Å². The van der Waals surface area contributed by atoms with Gasteiger partial charge in [0.1, 0.15) is 0 Å². The highest BCUT2D eigenvalue weighted by Crippen LogP contribution is 2.44. The van der Waals surface area contributed by atoms with Gasteiger partial charge in [0.25, 0.3) is 0 Å². The van der Waals surface area contributed by atoms with E-state index < -0.39 is 6.10 Å². The summed E-state index contributed by atoms with van der Waals surface area (Å²) in [5.74, 6) is 0.0308. The van der Waals surface area contributed by atoms with Gasteiger partial charge in [-0.3, -0.25) is 4.79 Å². The van der Waals surface area contributed by atoms with Crippen molar-refractivity contribution >= 4 is 17.2 Å². The molecule has 140 valence electrons. The quantitative estimate of drug-likeness (QED) is 0.725. The minimum atomic E-state index is -0.427. The molecule has 3 rings (SSSR count). The molecule has 1 aromatic heterocycles. The summed E-state index contributed by atoms with van der Waals surface area (Å²) in [6, 6.07) is 14.2. The topological polar surface area (TPSA) is 49.3 Å². The zero-order valence-electron chi connectivity index (χ0n) is 15.7. The Kier molecular flexibility index (Phi) is 6.15. The number of hydrogen-bond donors (Lipinski definition) is 2. The molecule has 0 spiro atoms. The van der Waals surface area contributed by atoms with Gasteiger partial charge in [0.05, 0.1) is 12.0 Å². The molecular weight excluding hydrogens is 342 g/mol. The molecule has 1 heterocycles. The van der Waals surface area contributed by atoms with Crippen LogP contribution in [0.5, 0.6) is 0 Å². The summed E-state index contributed by atoms with van der Waals surface area (Å²) >= 11 is 1.70. The zero-order valence-corrected chi connectivity index (χ0v) is 16.5. The van der Waals surface area contributed by atoms with E-state index >= 15 is 0 Å². The van der Waals surface area contributed by atoms with E-state index in [4.69, 9.17) is 0 Å². The van der Waals surface area contributed by atoms with Crippen molar-refractivity contribution in [3.8, 4) is 0 Å². The smallest absolute Gasteiger partial charge is 0.227 e. The first-order valence-electron chi connectivity index (χ1n) is 9.66. The second-order valence-corrected chi connectivity index (χ2v) is 8.57. The number of aliphatic hydroxyl groups excluding tert-OH is 1. The molecule has 1 saturated carbocycles.